The van der Waals surface area contributed by atoms with Gasteiger partial charge in [0.1, 0.15) is 5.82 Å². The number of rotatable bonds is 3. The maximum Gasteiger partial charge on any atom is 0.126 e. The number of hydrogen-bond acceptors (Lipinski definition) is 3. The number of anilines is 1. The van der Waals surface area contributed by atoms with Gasteiger partial charge in [-0.2, -0.15) is 0 Å². The molecule has 1 aliphatic carbocycles. The summed E-state index contributed by atoms with van der Waals surface area (Å²) in [6.07, 6.45) is 5.79. The van der Waals surface area contributed by atoms with E-state index in [0.29, 0.717) is 12.1 Å². The summed E-state index contributed by atoms with van der Waals surface area (Å²) >= 11 is 0. The maximum atomic E-state index is 5.38. The number of aromatic nitrogens is 1. The van der Waals surface area contributed by atoms with Crippen molar-refractivity contribution in [3.8, 4) is 0 Å². The summed E-state index contributed by atoms with van der Waals surface area (Å²) in [6, 6.07) is 4.75. The van der Waals surface area contributed by atoms with Gasteiger partial charge in [0.25, 0.3) is 0 Å². The van der Waals surface area contributed by atoms with E-state index >= 15 is 0 Å². The van der Waals surface area contributed by atoms with Gasteiger partial charge >= 0.3 is 0 Å². The van der Waals surface area contributed by atoms with Crippen LogP contribution in [0.1, 0.15) is 45.6 Å². The van der Waals surface area contributed by atoms with E-state index in [2.05, 4.69) is 43.2 Å². The molecule has 0 aliphatic heterocycles. The Bertz CT molecular complexity index is 380. The van der Waals surface area contributed by atoms with Gasteiger partial charge in [0, 0.05) is 19.3 Å². The minimum Gasteiger partial charge on any atom is -0.381 e. The molecule has 0 saturated heterocycles. The first-order valence-corrected chi connectivity index (χ1v) is 6.75. The second-order valence-corrected chi connectivity index (χ2v) is 6.19. The highest BCUT2D eigenvalue weighted by Crippen LogP contribution is 2.25. The minimum atomic E-state index is 0.167. The first-order valence-electron chi connectivity index (χ1n) is 6.75. The predicted octanol–water partition coefficient (Wildman–Crippen LogP) is 3.36. The van der Waals surface area contributed by atoms with Crippen LogP contribution >= 0.6 is 0 Å². The lowest BCUT2D eigenvalue weighted by molar-refractivity contribution is 0.108. The number of ether oxygens (including phenoxy) is 1. The molecule has 3 nitrogen and oxygen atoms in total. The van der Waals surface area contributed by atoms with E-state index in [1.54, 1.807) is 7.11 Å². The van der Waals surface area contributed by atoms with Crippen LogP contribution in [0.25, 0.3) is 0 Å². The summed E-state index contributed by atoms with van der Waals surface area (Å²) in [7, 11) is 1.80. The van der Waals surface area contributed by atoms with Crippen molar-refractivity contribution in [1.29, 1.82) is 0 Å². The summed E-state index contributed by atoms with van der Waals surface area (Å²) in [5.41, 5.74) is 1.44. The molecule has 1 aliphatic rings. The van der Waals surface area contributed by atoms with Gasteiger partial charge in [-0.25, -0.2) is 4.98 Å². The fourth-order valence-corrected chi connectivity index (χ4v) is 2.42. The molecular weight excluding hydrogens is 224 g/mol. The summed E-state index contributed by atoms with van der Waals surface area (Å²) in [6.45, 7) is 6.62. The molecule has 0 spiro atoms. The smallest absolute Gasteiger partial charge is 0.126 e. The molecule has 1 heterocycles. The molecule has 18 heavy (non-hydrogen) atoms. The molecule has 0 amide bonds. The van der Waals surface area contributed by atoms with Crippen molar-refractivity contribution < 1.29 is 4.74 Å². The summed E-state index contributed by atoms with van der Waals surface area (Å²) < 4.78 is 5.38. The molecule has 0 radical (unpaired) electrons. The molecule has 1 saturated carbocycles. The first-order chi connectivity index (χ1) is 8.49. The Balaban J connectivity index is 1.95. The van der Waals surface area contributed by atoms with Crippen LogP contribution in [0.4, 0.5) is 5.82 Å². The maximum absolute atomic E-state index is 5.38. The van der Waals surface area contributed by atoms with Crippen molar-refractivity contribution in [1.82, 2.24) is 4.98 Å². The molecule has 1 fully saturated rings. The van der Waals surface area contributed by atoms with Crippen LogP contribution in [0.2, 0.25) is 0 Å². The molecule has 1 N–H and O–H groups in total. The van der Waals surface area contributed by atoms with Gasteiger partial charge in [0.05, 0.1) is 6.10 Å². The highest BCUT2D eigenvalue weighted by Gasteiger charge is 2.24. The second-order valence-electron chi connectivity index (χ2n) is 6.19. The number of nitrogens with one attached hydrogen (secondary N) is 1. The van der Waals surface area contributed by atoms with E-state index in [1.165, 1.54) is 12.0 Å². The topological polar surface area (TPSA) is 34.1 Å². The monoisotopic (exact) mass is 248 g/mol. The molecule has 0 bridgehead atoms. The molecule has 0 aromatic carbocycles. The number of methoxy groups -OCH3 is 1. The third-order valence-electron chi connectivity index (χ3n) is 3.70. The van der Waals surface area contributed by atoms with E-state index in [9.17, 15) is 0 Å². The fraction of sp³-hybridized carbons (Fsp3) is 0.667. The molecule has 2 atom stereocenters. The summed E-state index contributed by atoms with van der Waals surface area (Å²) in [4.78, 5) is 4.51. The molecule has 3 heteroatoms. The van der Waals surface area contributed by atoms with E-state index in [4.69, 9.17) is 4.74 Å². The molecular formula is C15H24N2O. The van der Waals surface area contributed by atoms with Crippen molar-refractivity contribution in [2.45, 2.75) is 57.6 Å². The van der Waals surface area contributed by atoms with Gasteiger partial charge in [0.2, 0.25) is 0 Å². The minimum absolute atomic E-state index is 0.167. The molecule has 2 unspecified atom stereocenters. The van der Waals surface area contributed by atoms with Crippen LogP contribution < -0.4 is 5.32 Å². The number of nitrogens with zero attached hydrogens (tertiary/aromatic N) is 1. The molecule has 100 valence electrons. The third-order valence-corrected chi connectivity index (χ3v) is 3.70. The van der Waals surface area contributed by atoms with E-state index < -0.39 is 0 Å². The van der Waals surface area contributed by atoms with E-state index in [0.717, 1.165) is 18.7 Å². The van der Waals surface area contributed by atoms with Crippen LogP contribution in [0.5, 0.6) is 0 Å². The lowest BCUT2D eigenvalue weighted by Gasteiger charge is -2.19. The van der Waals surface area contributed by atoms with Crippen LogP contribution in [-0.2, 0) is 10.2 Å². The van der Waals surface area contributed by atoms with Crippen molar-refractivity contribution in [3.63, 3.8) is 0 Å². The zero-order chi connectivity index (χ0) is 13.2. The molecule has 2 rings (SSSR count). The standard InChI is InChI=1S/C15H24N2O/c1-15(2,3)11-5-8-14(16-10-11)17-12-6-7-13(9-12)18-4/h5,8,10,12-13H,6-7,9H2,1-4H3,(H,16,17). The van der Waals surface area contributed by atoms with Crippen molar-refractivity contribution in [2.24, 2.45) is 0 Å². The van der Waals surface area contributed by atoms with Gasteiger partial charge in [-0.1, -0.05) is 26.8 Å². The zero-order valence-electron chi connectivity index (χ0n) is 11.9. The largest absolute Gasteiger partial charge is 0.381 e. The van der Waals surface area contributed by atoms with E-state index in [-0.39, 0.29) is 5.41 Å². The lowest BCUT2D eigenvalue weighted by atomic mass is 9.88. The Kier molecular flexibility index (Phi) is 3.91. The fourth-order valence-electron chi connectivity index (χ4n) is 2.42. The third kappa shape index (κ3) is 3.22. The van der Waals surface area contributed by atoms with Gasteiger partial charge in [-0.05, 0) is 36.3 Å². The van der Waals surface area contributed by atoms with Crippen LogP contribution in [0.15, 0.2) is 18.3 Å². The van der Waals surface area contributed by atoms with E-state index in [1.807, 2.05) is 6.20 Å². The van der Waals surface area contributed by atoms with Crippen molar-refractivity contribution in [3.05, 3.63) is 23.9 Å². The molecule has 1 aromatic heterocycles. The Labute approximate surface area is 110 Å². The predicted molar refractivity (Wildman–Crippen MR) is 75.0 cm³/mol. The Morgan fingerprint density at radius 2 is 2.06 bits per heavy atom. The lowest BCUT2D eigenvalue weighted by Crippen LogP contribution is -2.18. The van der Waals surface area contributed by atoms with Gasteiger partial charge in [0.15, 0.2) is 0 Å². The van der Waals surface area contributed by atoms with Gasteiger partial charge in [-0.3, -0.25) is 0 Å². The average molecular weight is 248 g/mol. The Hall–Kier alpha value is -1.09. The van der Waals surface area contributed by atoms with Crippen molar-refractivity contribution >= 4 is 5.82 Å². The van der Waals surface area contributed by atoms with Crippen molar-refractivity contribution in [2.75, 3.05) is 12.4 Å². The van der Waals surface area contributed by atoms with Crippen LogP contribution in [0, 0.1) is 0 Å². The highest BCUT2D eigenvalue weighted by molar-refractivity contribution is 5.38. The van der Waals surface area contributed by atoms with Gasteiger partial charge < -0.3 is 10.1 Å². The SMILES string of the molecule is COC1CCC(Nc2ccc(C(C)(C)C)cn2)C1. The van der Waals surface area contributed by atoms with Crippen LogP contribution in [-0.4, -0.2) is 24.2 Å². The highest BCUT2D eigenvalue weighted by atomic mass is 16.5. The Morgan fingerprint density at radius 1 is 1.28 bits per heavy atom. The normalized spacial score (nSPS) is 24.2. The second kappa shape index (κ2) is 5.27. The number of hydrogen-bond donors (Lipinski definition) is 1. The quantitative estimate of drug-likeness (QED) is 0.890. The van der Waals surface area contributed by atoms with Crippen LogP contribution in [0.3, 0.4) is 0 Å². The molecule has 1 aromatic rings. The summed E-state index contributed by atoms with van der Waals surface area (Å²) in [5.74, 6) is 0.977. The average Bonchev–Trinajstić information content (AvgIpc) is 2.76. The van der Waals surface area contributed by atoms with Gasteiger partial charge in [-0.15, -0.1) is 0 Å². The summed E-state index contributed by atoms with van der Waals surface area (Å²) in [5, 5.41) is 3.49. The number of pyridine rings is 1. The first kappa shape index (κ1) is 13.3. The zero-order valence-corrected chi connectivity index (χ0v) is 11.9. The Morgan fingerprint density at radius 3 is 2.56 bits per heavy atom.